The minimum absolute atomic E-state index is 0. The standard InChI is InChI=1S/C25H24N6O3.ClH/c1-30-20-11-10-18(25(34)31(15-23(32)33)21-4-2-3-13-28-21)14-19(20)29-22(30)12-7-16-5-8-17(9-6-16)24(26)27;/h2-6,8-11,13-14H,7,12,15H2,1H3,(H3,26,27)(H,32,33);1H. The number of nitrogens with one attached hydrogen (secondary N) is 1. The van der Waals surface area contributed by atoms with Gasteiger partial charge in [0.05, 0.1) is 11.0 Å². The Bertz CT molecular complexity index is 1370. The largest absolute Gasteiger partial charge is 0.480 e. The van der Waals surface area contributed by atoms with Crippen molar-refractivity contribution in [3.05, 3.63) is 89.4 Å². The number of nitrogens with two attached hydrogens (primary N) is 1. The van der Waals surface area contributed by atoms with E-state index in [1.165, 1.54) is 6.20 Å². The fourth-order valence-electron chi connectivity index (χ4n) is 3.77. The number of aliphatic carboxylic acids is 1. The summed E-state index contributed by atoms with van der Waals surface area (Å²) < 4.78 is 1.99. The van der Waals surface area contributed by atoms with Gasteiger partial charge in [-0.2, -0.15) is 0 Å². The van der Waals surface area contributed by atoms with Gasteiger partial charge < -0.3 is 15.4 Å². The van der Waals surface area contributed by atoms with Crippen molar-refractivity contribution >= 4 is 47.0 Å². The summed E-state index contributed by atoms with van der Waals surface area (Å²) in [5.41, 5.74) is 9.17. The van der Waals surface area contributed by atoms with E-state index in [4.69, 9.17) is 16.1 Å². The van der Waals surface area contributed by atoms with Crippen molar-refractivity contribution < 1.29 is 14.7 Å². The summed E-state index contributed by atoms with van der Waals surface area (Å²) in [6.45, 7) is -0.496. The van der Waals surface area contributed by atoms with Crippen LogP contribution in [-0.4, -0.2) is 43.9 Å². The number of nitrogen functional groups attached to an aromatic ring is 1. The lowest BCUT2D eigenvalue weighted by molar-refractivity contribution is -0.135. The van der Waals surface area contributed by atoms with E-state index in [0.717, 1.165) is 28.2 Å². The highest BCUT2D eigenvalue weighted by atomic mass is 35.5. The number of amides is 1. The van der Waals surface area contributed by atoms with Gasteiger partial charge in [0.15, 0.2) is 0 Å². The summed E-state index contributed by atoms with van der Waals surface area (Å²) in [6.07, 6.45) is 2.96. The Labute approximate surface area is 208 Å². The summed E-state index contributed by atoms with van der Waals surface area (Å²) >= 11 is 0. The minimum Gasteiger partial charge on any atom is -0.480 e. The first-order chi connectivity index (χ1) is 16.3. The molecule has 0 bridgehead atoms. The molecule has 35 heavy (non-hydrogen) atoms. The molecule has 0 aliphatic rings. The molecule has 0 aliphatic carbocycles. The van der Waals surface area contributed by atoms with Gasteiger partial charge in [-0.3, -0.25) is 19.9 Å². The Hall–Kier alpha value is -4.24. The first-order valence-corrected chi connectivity index (χ1v) is 10.7. The summed E-state index contributed by atoms with van der Waals surface area (Å²) in [4.78, 5) is 34.5. The molecule has 2 aromatic carbocycles. The number of aryl methyl sites for hydroxylation is 3. The van der Waals surface area contributed by atoms with Crippen LogP contribution in [0.2, 0.25) is 0 Å². The molecule has 180 valence electrons. The number of pyridine rings is 1. The quantitative estimate of drug-likeness (QED) is 0.255. The number of benzene rings is 2. The van der Waals surface area contributed by atoms with E-state index in [1.807, 2.05) is 41.9 Å². The molecule has 0 radical (unpaired) electrons. The van der Waals surface area contributed by atoms with Gasteiger partial charge in [-0.25, -0.2) is 9.97 Å². The third-order valence-corrected chi connectivity index (χ3v) is 5.59. The predicted molar refractivity (Wildman–Crippen MR) is 136 cm³/mol. The summed E-state index contributed by atoms with van der Waals surface area (Å²) in [5, 5.41) is 16.8. The van der Waals surface area contributed by atoms with E-state index in [1.54, 1.807) is 30.3 Å². The van der Waals surface area contributed by atoms with Crippen molar-refractivity contribution in [1.82, 2.24) is 14.5 Å². The van der Waals surface area contributed by atoms with Crippen molar-refractivity contribution in [2.24, 2.45) is 12.8 Å². The molecule has 0 spiro atoms. The molecule has 4 rings (SSSR count). The third kappa shape index (κ3) is 5.64. The molecule has 1 amide bonds. The van der Waals surface area contributed by atoms with Crippen LogP contribution in [0.1, 0.15) is 27.3 Å². The van der Waals surface area contributed by atoms with Crippen LogP contribution in [0.5, 0.6) is 0 Å². The zero-order valence-electron chi connectivity index (χ0n) is 19.0. The van der Waals surface area contributed by atoms with Crippen LogP contribution in [0.15, 0.2) is 66.9 Å². The lowest BCUT2D eigenvalue weighted by Crippen LogP contribution is -2.36. The van der Waals surface area contributed by atoms with E-state index >= 15 is 0 Å². The summed E-state index contributed by atoms with van der Waals surface area (Å²) in [5.74, 6) is -0.413. The fraction of sp³-hybridized carbons (Fsp3) is 0.160. The smallest absolute Gasteiger partial charge is 0.323 e. The Morgan fingerprint density at radius 2 is 1.77 bits per heavy atom. The maximum absolute atomic E-state index is 13.2. The average Bonchev–Trinajstić information content (AvgIpc) is 3.16. The first-order valence-electron chi connectivity index (χ1n) is 10.7. The van der Waals surface area contributed by atoms with Crippen molar-refractivity contribution in [2.45, 2.75) is 12.8 Å². The van der Waals surface area contributed by atoms with Crippen LogP contribution < -0.4 is 10.6 Å². The molecule has 0 aliphatic heterocycles. The van der Waals surface area contributed by atoms with Crippen molar-refractivity contribution in [2.75, 3.05) is 11.4 Å². The van der Waals surface area contributed by atoms with Crippen molar-refractivity contribution in [3.8, 4) is 0 Å². The van der Waals surface area contributed by atoms with Crippen molar-refractivity contribution in [3.63, 3.8) is 0 Å². The zero-order chi connectivity index (χ0) is 24.2. The van der Waals surface area contributed by atoms with Crippen molar-refractivity contribution in [1.29, 1.82) is 5.41 Å². The van der Waals surface area contributed by atoms with Gasteiger partial charge in [0.1, 0.15) is 24.0 Å². The van der Waals surface area contributed by atoms with E-state index in [0.29, 0.717) is 23.1 Å². The summed E-state index contributed by atoms with van der Waals surface area (Å²) in [7, 11) is 1.93. The van der Waals surface area contributed by atoms with Gasteiger partial charge >= 0.3 is 5.97 Å². The highest BCUT2D eigenvalue weighted by Gasteiger charge is 2.22. The predicted octanol–water partition coefficient (Wildman–Crippen LogP) is 3.19. The number of amidine groups is 1. The van der Waals surface area contributed by atoms with Crippen LogP contribution in [-0.2, 0) is 24.7 Å². The maximum atomic E-state index is 13.2. The number of nitrogens with zero attached hydrogens (tertiary/aromatic N) is 4. The van der Waals surface area contributed by atoms with Crippen LogP contribution in [0, 0.1) is 5.41 Å². The third-order valence-electron chi connectivity index (χ3n) is 5.59. The van der Waals surface area contributed by atoms with Gasteiger partial charge in [0.2, 0.25) is 0 Å². The highest BCUT2D eigenvalue weighted by Crippen LogP contribution is 2.21. The number of rotatable bonds is 8. The van der Waals surface area contributed by atoms with Gasteiger partial charge in [0.25, 0.3) is 5.91 Å². The number of hydrogen-bond acceptors (Lipinski definition) is 5. The number of imidazole rings is 1. The molecule has 2 heterocycles. The molecule has 9 nitrogen and oxygen atoms in total. The Morgan fingerprint density at radius 3 is 2.40 bits per heavy atom. The number of anilines is 1. The highest BCUT2D eigenvalue weighted by molar-refractivity contribution is 6.09. The van der Waals surface area contributed by atoms with Gasteiger partial charge in [-0.1, -0.05) is 30.3 Å². The lowest BCUT2D eigenvalue weighted by atomic mass is 10.1. The molecule has 0 saturated carbocycles. The molecule has 0 atom stereocenters. The van der Waals surface area contributed by atoms with Gasteiger partial charge in [0, 0.05) is 30.8 Å². The van der Waals surface area contributed by atoms with Crippen LogP contribution >= 0.6 is 12.4 Å². The SMILES string of the molecule is Cl.Cn1c(CCc2ccc(C(=N)N)cc2)nc2cc(C(=O)N(CC(=O)O)c3ccccn3)ccc21. The number of hydrogen-bond donors (Lipinski definition) is 3. The number of carboxylic acid groups (broad SMARTS) is 1. The minimum atomic E-state index is -1.13. The topological polar surface area (TPSA) is 138 Å². The molecular formula is C25H25ClN6O3. The Morgan fingerprint density at radius 1 is 1.06 bits per heavy atom. The number of carboxylic acids is 1. The molecular weight excluding hydrogens is 468 g/mol. The number of carbonyl (C=O) groups excluding carboxylic acids is 1. The average molecular weight is 493 g/mol. The first kappa shape index (κ1) is 25.4. The van der Waals surface area contributed by atoms with Crippen LogP contribution in [0.3, 0.4) is 0 Å². The van der Waals surface area contributed by atoms with Crippen LogP contribution in [0.25, 0.3) is 11.0 Å². The van der Waals surface area contributed by atoms with Gasteiger partial charge in [-0.05, 0) is 42.3 Å². The maximum Gasteiger partial charge on any atom is 0.323 e. The summed E-state index contributed by atoms with van der Waals surface area (Å²) in [6, 6.07) is 17.7. The molecule has 2 aromatic heterocycles. The molecule has 4 aromatic rings. The Balaban J connectivity index is 0.00000342. The molecule has 0 fully saturated rings. The Kier molecular flexibility index (Phi) is 7.83. The van der Waals surface area contributed by atoms with E-state index in [-0.39, 0.29) is 24.1 Å². The van der Waals surface area contributed by atoms with E-state index < -0.39 is 18.4 Å². The molecule has 4 N–H and O–H groups in total. The zero-order valence-corrected chi connectivity index (χ0v) is 19.8. The van der Waals surface area contributed by atoms with Gasteiger partial charge in [-0.15, -0.1) is 12.4 Å². The van der Waals surface area contributed by atoms with E-state index in [9.17, 15) is 14.7 Å². The second kappa shape index (κ2) is 10.8. The fourth-order valence-corrected chi connectivity index (χ4v) is 3.77. The second-order valence-electron chi connectivity index (χ2n) is 7.87. The lowest BCUT2D eigenvalue weighted by Gasteiger charge is -2.19. The van der Waals surface area contributed by atoms with E-state index in [2.05, 4.69) is 4.98 Å². The second-order valence-corrected chi connectivity index (χ2v) is 7.87. The monoisotopic (exact) mass is 492 g/mol. The number of halogens is 1. The number of aromatic nitrogens is 3. The van der Waals surface area contributed by atoms with Crippen LogP contribution in [0.4, 0.5) is 5.82 Å². The normalized spacial score (nSPS) is 10.5. The number of fused-ring (bicyclic) bond motifs is 1. The molecule has 10 heteroatoms. The number of carbonyl (C=O) groups is 2. The molecule has 0 unspecified atom stereocenters. The molecule has 0 saturated heterocycles.